The van der Waals surface area contributed by atoms with Gasteiger partial charge in [-0.25, -0.2) is 0 Å². The third-order valence-electron chi connectivity index (χ3n) is 3.09. The van der Waals surface area contributed by atoms with Gasteiger partial charge < -0.3 is 14.2 Å². The molecule has 0 aromatic heterocycles. The molecule has 0 radical (unpaired) electrons. The Kier molecular flexibility index (Phi) is 7.06. The Bertz CT molecular complexity index is 773. The zero-order valence-electron chi connectivity index (χ0n) is 13.6. The van der Waals surface area contributed by atoms with E-state index in [0.29, 0.717) is 18.1 Å². The lowest BCUT2D eigenvalue weighted by atomic mass is 10.2. The predicted molar refractivity (Wildman–Crippen MR) is 94.4 cm³/mol. The van der Waals surface area contributed by atoms with E-state index >= 15 is 0 Å². The first-order valence-electron chi connectivity index (χ1n) is 7.55. The lowest BCUT2D eigenvalue weighted by Crippen LogP contribution is -2.09. The van der Waals surface area contributed by atoms with Crippen molar-refractivity contribution < 1.29 is 27.4 Å². The van der Waals surface area contributed by atoms with Crippen LogP contribution in [0.4, 0.5) is 13.2 Å². The topological polar surface area (TPSA) is 27.7 Å². The quantitative estimate of drug-likeness (QED) is 0.518. The third kappa shape index (κ3) is 6.04. The molecule has 8 heteroatoms. The molecule has 0 fully saturated rings. The Morgan fingerprint density at radius 3 is 2.35 bits per heavy atom. The van der Waals surface area contributed by atoms with Gasteiger partial charge in [-0.05, 0) is 43.3 Å². The second-order valence-electron chi connectivity index (χ2n) is 4.97. The Morgan fingerprint density at radius 2 is 1.69 bits per heavy atom. The van der Waals surface area contributed by atoms with Crippen molar-refractivity contribution in [1.82, 2.24) is 0 Å². The Morgan fingerprint density at radius 1 is 1.00 bits per heavy atom. The van der Waals surface area contributed by atoms with Gasteiger partial charge in [-0.2, -0.15) is 13.2 Å². The molecule has 0 heterocycles. The fraction of sp³-hybridized carbons (Fsp3) is 0.222. The summed E-state index contributed by atoms with van der Waals surface area (Å²) in [5, 5.41) is 0. The maximum Gasteiger partial charge on any atom is 0.420 e. The normalized spacial score (nSPS) is 11.0. The zero-order valence-corrected chi connectivity index (χ0v) is 15.2. The molecule has 2 aromatic rings. The third-order valence-corrected chi connectivity index (χ3v) is 3.39. The van der Waals surface area contributed by atoms with E-state index in [1.807, 2.05) is 6.92 Å². The van der Waals surface area contributed by atoms with E-state index in [9.17, 15) is 13.2 Å². The van der Waals surface area contributed by atoms with Crippen LogP contribution >= 0.6 is 23.2 Å². The van der Waals surface area contributed by atoms with Crippen molar-refractivity contribution in [2.24, 2.45) is 0 Å². The maximum atomic E-state index is 13.3. The highest BCUT2D eigenvalue weighted by Crippen LogP contribution is 2.39. The van der Waals surface area contributed by atoms with Crippen LogP contribution in [0.25, 0.3) is 0 Å². The molecule has 0 unspecified atom stereocenters. The molecule has 0 aliphatic rings. The van der Waals surface area contributed by atoms with Crippen LogP contribution in [0.2, 0.25) is 0 Å². The summed E-state index contributed by atoms with van der Waals surface area (Å²) >= 11 is 10.8. The number of hydrogen-bond donors (Lipinski definition) is 0. The highest BCUT2D eigenvalue weighted by molar-refractivity contribution is 6.55. The van der Waals surface area contributed by atoms with Crippen molar-refractivity contribution >= 4 is 23.2 Å². The predicted octanol–water partition coefficient (Wildman–Crippen LogP) is 6.59. The molecule has 0 atom stereocenters. The summed E-state index contributed by atoms with van der Waals surface area (Å²) in [5.74, 6) is 0.586. The molecule has 140 valence electrons. The van der Waals surface area contributed by atoms with Crippen LogP contribution in [-0.2, 0) is 6.18 Å². The second kappa shape index (κ2) is 9.05. The van der Waals surface area contributed by atoms with E-state index in [1.165, 1.54) is 18.2 Å². The van der Waals surface area contributed by atoms with Gasteiger partial charge in [0.05, 0.1) is 6.61 Å². The number of halogens is 5. The Balaban J connectivity index is 2.25. The van der Waals surface area contributed by atoms with E-state index < -0.39 is 11.7 Å². The number of hydrogen-bond acceptors (Lipinski definition) is 3. The summed E-state index contributed by atoms with van der Waals surface area (Å²) in [5.41, 5.74) is -0.963. The van der Waals surface area contributed by atoms with Gasteiger partial charge in [-0.15, -0.1) is 0 Å². The molecule has 2 rings (SSSR count). The second-order valence-corrected chi connectivity index (χ2v) is 5.98. The number of rotatable bonds is 7. The molecule has 0 spiro atoms. The minimum absolute atomic E-state index is 0.0178. The van der Waals surface area contributed by atoms with Crippen LogP contribution in [0.5, 0.6) is 23.0 Å². The molecule has 0 aliphatic carbocycles. The van der Waals surface area contributed by atoms with E-state index in [-0.39, 0.29) is 22.6 Å². The van der Waals surface area contributed by atoms with E-state index in [4.69, 9.17) is 37.4 Å². The summed E-state index contributed by atoms with van der Waals surface area (Å²) in [6.45, 7) is 2.10. The molecule has 0 saturated heterocycles. The molecule has 26 heavy (non-hydrogen) atoms. The highest BCUT2D eigenvalue weighted by atomic mass is 35.5. The van der Waals surface area contributed by atoms with Crippen LogP contribution in [0.3, 0.4) is 0 Å². The molecule has 0 aliphatic heterocycles. The van der Waals surface area contributed by atoms with Crippen LogP contribution in [0, 0.1) is 0 Å². The Labute approximate surface area is 158 Å². The number of ether oxygens (including phenoxy) is 3. The SMILES string of the molecule is CCOc1cccc(Oc2ccc(OCC=C(Cl)Cl)c(C(F)(F)F)c2)c1. The average molecular weight is 407 g/mol. The molecular formula is C18H15Cl2F3O3. The lowest BCUT2D eigenvalue weighted by molar-refractivity contribution is -0.138. The largest absolute Gasteiger partial charge is 0.494 e. The van der Waals surface area contributed by atoms with Crippen molar-refractivity contribution in [2.75, 3.05) is 13.2 Å². The van der Waals surface area contributed by atoms with Gasteiger partial charge >= 0.3 is 6.18 Å². The van der Waals surface area contributed by atoms with Gasteiger partial charge in [0.15, 0.2) is 0 Å². The fourth-order valence-electron chi connectivity index (χ4n) is 2.04. The first-order chi connectivity index (χ1) is 12.3. The summed E-state index contributed by atoms with van der Waals surface area (Å²) in [6, 6.07) is 10.1. The molecule has 0 amide bonds. The summed E-state index contributed by atoms with van der Waals surface area (Å²) in [7, 11) is 0. The van der Waals surface area contributed by atoms with Gasteiger partial charge in [-0.3, -0.25) is 0 Å². The molecule has 0 saturated carbocycles. The van der Waals surface area contributed by atoms with Crippen LogP contribution < -0.4 is 14.2 Å². The highest BCUT2D eigenvalue weighted by Gasteiger charge is 2.35. The number of benzene rings is 2. The van der Waals surface area contributed by atoms with Gasteiger partial charge in [0.25, 0.3) is 0 Å². The van der Waals surface area contributed by atoms with Crippen molar-refractivity contribution in [2.45, 2.75) is 13.1 Å². The summed E-state index contributed by atoms with van der Waals surface area (Å²) in [6.07, 6.45) is -3.37. The number of alkyl halides is 3. The van der Waals surface area contributed by atoms with Crippen LogP contribution in [0.1, 0.15) is 12.5 Å². The standard InChI is InChI=1S/C18H15Cl2F3O3/c1-2-24-12-4-3-5-13(10-12)26-14-6-7-16(25-9-8-17(19)20)15(11-14)18(21,22)23/h3-8,10-11H,2,9H2,1H3. The van der Waals surface area contributed by atoms with E-state index in [2.05, 4.69) is 0 Å². The van der Waals surface area contributed by atoms with Crippen molar-refractivity contribution in [3.63, 3.8) is 0 Å². The van der Waals surface area contributed by atoms with Crippen LogP contribution in [0.15, 0.2) is 53.0 Å². The molecular weight excluding hydrogens is 392 g/mol. The Hall–Kier alpha value is -2.05. The van der Waals surface area contributed by atoms with Crippen molar-refractivity contribution in [3.05, 3.63) is 58.6 Å². The van der Waals surface area contributed by atoms with E-state index in [0.717, 1.165) is 6.07 Å². The molecule has 2 aromatic carbocycles. The average Bonchev–Trinajstić information content (AvgIpc) is 2.55. The van der Waals surface area contributed by atoms with Gasteiger partial charge in [0.1, 0.15) is 39.7 Å². The first kappa shape index (κ1) is 20.3. The van der Waals surface area contributed by atoms with Crippen LogP contribution in [-0.4, -0.2) is 13.2 Å². The minimum atomic E-state index is -4.61. The molecule has 0 bridgehead atoms. The molecule has 0 N–H and O–H groups in total. The van der Waals surface area contributed by atoms with Crippen molar-refractivity contribution in [3.8, 4) is 23.0 Å². The maximum absolute atomic E-state index is 13.3. The summed E-state index contributed by atoms with van der Waals surface area (Å²) < 4.78 is 55.7. The summed E-state index contributed by atoms with van der Waals surface area (Å²) in [4.78, 5) is 0. The minimum Gasteiger partial charge on any atom is -0.494 e. The van der Waals surface area contributed by atoms with Gasteiger partial charge in [0, 0.05) is 6.07 Å². The fourth-order valence-corrected chi connectivity index (χ4v) is 2.17. The zero-order chi connectivity index (χ0) is 19.2. The van der Waals surface area contributed by atoms with E-state index in [1.54, 1.807) is 24.3 Å². The first-order valence-corrected chi connectivity index (χ1v) is 8.31. The van der Waals surface area contributed by atoms with Gasteiger partial charge in [-0.1, -0.05) is 29.3 Å². The van der Waals surface area contributed by atoms with Crippen molar-refractivity contribution in [1.29, 1.82) is 0 Å². The smallest absolute Gasteiger partial charge is 0.420 e. The lowest BCUT2D eigenvalue weighted by Gasteiger charge is -2.15. The monoisotopic (exact) mass is 406 g/mol. The van der Waals surface area contributed by atoms with Gasteiger partial charge in [0.2, 0.25) is 0 Å². The molecule has 3 nitrogen and oxygen atoms in total.